The van der Waals surface area contributed by atoms with Gasteiger partial charge >= 0.3 is 5.69 Å². The summed E-state index contributed by atoms with van der Waals surface area (Å²) in [6, 6.07) is 12.0. The fraction of sp³-hybridized carbons (Fsp3) is 0.238. The van der Waals surface area contributed by atoms with E-state index < -0.39 is 16.4 Å². The number of carbonyl (C=O) groups is 1. The molecule has 2 aliphatic rings. The summed E-state index contributed by atoms with van der Waals surface area (Å²) in [5, 5.41) is 21.7. The van der Waals surface area contributed by atoms with Crippen LogP contribution in [0.25, 0.3) is 6.08 Å². The monoisotopic (exact) mass is 440 g/mol. The van der Waals surface area contributed by atoms with Crippen molar-refractivity contribution in [2.24, 2.45) is 4.99 Å². The molecular weight excluding hydrogens is 420 g/mol. The highest BCUT2D eigenvalue weighted by Crippen LogP contribution is 2.37. The summed E-state index contributed by atoms with van der Waals surface area (Å²) in [5.74, 6) is -0.764. The summed E-state index contributed by atoms with van der Waals surface area (Å²) in [6.45, 7) is 3.12. The molecule has 9 nitrogen and oxygen atoms in total. The summed E-state index contributed by atoms with van der Waals surface area (Å²) >= 11 is 1.15. The number of nitro benzene ring substituents is 1. The number of hydrogen-bond donors (Lipinski definition) is 1. The van der Waals surface area contributed by atoms with Gasteiger partial charge in [-0.2, -0.15) is 0 Å². The maximum absolute atomic E-state index is 12.6. The number of carbonyl (C=O) groups excluding carboxylic acids is 1. The van der Waals surface area contributed by atoms with Crippen LogP contribution >= 0.6 is 11.8 Å². The number of hydrogen-bond acceptors (Lipinski definition) is 8. The summed E-state index contributed by atoms with van der Waals surface area (Å²) < 4.78 is 5.38. The van der Waals surface area contributed by atoms with Crippen molar-refractivity contribution < 1.29 is 19.6 Å². The zero-order chi connectivity index (χ0) is 22.0. The molecule has 2 aromatic rings. The molecule has 0 saturated carbocycles. The molecule has 2 aliphatic heterocycles. The molecule has 2 aromatic carbocycles. The van der Waals surface area contributed by atoms with Gasteiger partial charge in [0.05, 0.1) is 28.7 Å². The Balaban J connectivity index is 1.55. The maximum atomic E-state index is 12.6. The van der Waals surface area contributed by atoms with Crippen molar-refractivity contribution in [1.82, 2.24) is 4.90 Å². The second kappa shape index (κ2) is 8.78. The van der Waals surface area contributed by atoms with E-state index in [1.54, 1.807) is 7.05 Å². The largest absolute Gasteiger partial charge is 0.502 e. The fourth-order valence-corrected chi connectivity index (χ4v) is 4.25. The first-order chi connectivity index (χ1) is 14.9. The van der Waals surface area contributed by atoms with Crippen molar-refractivity contribution in [3.8, 4) is 5.75 Å². The zero-order valence-electron chi connectivity index (χ0n) is 16.7. The van der Waals surface area contributed by atoms with Crippen LogP contribution in [-0.2, 0) is 9.53 Å². The molecule has 160 valence electrons. The van der Waals surface area contributed by atoms with Crippen LogP contribution in [0.3, 0.4) is 0 Å². The Labute approximate surface area is 182 Å². The molecule has 0 atom stereocenters. The smallest absolute Gasteiger partial charge is 0.311 e. The number of nitro groups is 1. The minimum atomic E-state index is -0.666. The van der Waals surface area contributed by atoms with Crippen LogP contribution in [0.2, 0.25) is 0 Å². The van der Waals surface area contributed by atoms with Gasteiger partial charge in [-0.1, -0.05) is 12.1 Å². The Morgan fingerprint density at radius 3 is 2.58 bits per heavy atom. The van der Waals surface area contributed by atoms with Gasteiger partial charge in [0.25, 0.3) is 5.91 Å². The number of rotatable bonds is 4. The molecular formula is C21H20N4O5S. The average molecular weight is 440 g/mol. The molecule has 0 aliphatic carbocycles. The minimum Gasteiger partial charge on any atom is -0.502 e. The van der Waals surface area contributed by atoms with Gasteiger partial charge in [-0.15, -0.1) is 0 Å². The van der Waals surface area contributed by atoms with Gasteiger partial charge < -0.3 is 14.7 Å². The van der Waals surface area contributed by atoms with E-state index in [0.29, 0.717) is 29.0 Å². The quantitative estimate of drug-likeness (QED) is 0.441. The molecule has 0 aromatic heterocycles. The van der Waals surface area contributed by atoms with Crippen LogP contribution in [0.15, 0.2) is 52.4 Å². The minimum absolute atomic E-state index is 0.203. The summed E-state index contributed by atoms with van der Waals surface area (Å²) in [6.07, 6.45) is 1.44. The number of ether oxygens (including phenoxy) is 1. The van der Waals surface area contributed by atoms with E-state index in [0.717, 1.165) is 30.5 Å². The predicted octanol–water partition coefficient (Wildman–Crippen LogP) is 3.37. The molecule has 0 bridgehead atoms. The Bertz CT molecular complexity index is 1080. The Morgan fingerprint density at radius 1 is 1.19 bits per heavy atom. The van der Waals surface area contributed by atoms with Gasteiger partial charge in [0, 0.05) is 37.5 Å². The van der Waals surface area contributed by atoms with Crippen LogP contribution in [0.4, 0.5) is 17.1 Å². The first-order valence-corrected chi connectivity index (χ1v) is 10.4. The van der Waals surface area contributed by atoms with Gasteiger partial charge in [-0.25, -0.2) is 4.99 Å². The number of nitrogens with zero attached hydrogens (tertiary/aromatic N) is 4. The SMILES string of the molecule is CN1C(=O)/C(=C/c2cccc([N+](=O)[O-])c2O)SC1=Nc1ccc(N2CCOCC2)cc1. The summed E-state index contributed by atoms with van der Waals surface area (Å²) in [7, 11) is 1.62. The van der Waals surface area contributed by atoms with Gasteiger partial charge in [0.1, 0.15) is 0 Å². The van der Waals surface area contributed by atoms with E-state index in [1.807, 2.05) is 24.3 Å². The number of anilines is 1. The van der Waals surface area contributed by atoms with Crippen molar-refractivity contribution in [2.45, 2.75) is 0 Å². The summed E-state index contributed by atoms with van der Waals surface area (Å²) in [5.41, 5.74) is 1.60. The number of aliphatic imine (C=N–C) groups is 1. The van der Waals surface area contributed by atoms with E-state index in [4.69, 9.17) is 4.74 Å². The molecule has 10 heteroatoms. The van der Waals surface area contributed by atoms with Crippen molar-refractivity contribution in [3.05, 3.63) is 63.0 Å². The third kappa shape index (κ3) is 4.39. The number of likely N-dealkylation sites (N-methyl/N-ethyl adjacent to an activating group) is 1. The standard InChI is InChI=1S/C21H20N4O5S/c1-23-20(27)18(13-14-3-2-4-17(19(14)26)25(28)29)31-21(23)22-15-5-7-16(8-6-15)24-9-11-30-12-10-24/h2-8,13,26H,9-12H2,1H3/b18-13-,22-21?. The molecule has 2 heterocycles. The highest BCUT2D eigenvalue weighted by Gasteiger charge is 2.31. The Hall–Kier alpha value is -3.37. The van der Waals surface area contributed by atoms with Crippen LogP contribution < -0.4 is 4.90 Å². The van der Waals surface area contributed by atoms with Crippen molar-refractivity contribution in [2.75, 3.05) is 38.3 Å². The van der Waals surface area contributed by atoms with Crippen molar-refractivity contribution in [1.29, 1.82) is 0 Å². The topological polar surface area (TPSA) is 109 Å². The molecule has 2 fully saturated rings. The lowest BCUT2D eigenvalue weighted by molar-refractivity contribution is -0.385. The third-order valence-electron chi connectivity index (χ3n) is 4.98. The number of benzene rings is 2. The normalized spacial score (nSPS) is 19.5. The Kier molecular flexibility index (Phi) is 5.92. The fourth-order valence-electron chi connectivity index (χ4n) is 3.28. The van der Waals surface area contributed by atoms with Gasteiger partial charge in [0.15, 0.2) is 5.17 Å². The number of phenols is 1. The van der Waals surface area contributed by atoms with E-state index in [2.05, 4.69) is 9.89 Å². The number of amides is 1. The molecule has 0 spiro atoms. The number of thioether (sulfide) groups is 1. The zero-order valence-corrected chi connectivity index (χ0v) is 17.5. The number of aromatic hydroxyl groups is 1. The molecule has 0 radical (unpaired) electrons. The number of para-hydroxylation sites is 1. The highest BCUT2D eigenvalue weighted by atomic mass is 32.2. The van der Waals surface area contributed by atoms with E-state index in [1.165, 1.54) is 29.2 Å². The van der Waals surface area contributed by atoms with Gasteiger partial charge in [-0.3, -0.25) is 19.8 Å². The highest BCUT2D eigenvalue weighted by molar-refractivity contribution is 8.18. The summed E-state index contributed by atoms with van der Waals surface area (Å²) in [4.78, 5) is 31.5. The Morgan fingerprint density at radius 2 is 1.90 bits per heavy atom. The molecule has 1 amide bonds. The van der Waals surface area contributed by atoms with Crippen LogP contribution in [0.1, 0.15) is 5.56 Å². The predicted molar refractivity (Wildman–Crippen MR) is 120 cm³/mol. The lowest BCUT2D eigenvalue weighted by Gasteiger charge is -2.28. The average Bonchev–Trinajstić information content (AvgIpc) is 3.04. The number of amidine groups is 1. The molecule has 2 saturated heterocycles. The van der Waals surface area contributed by atoms with E-state index in [9.17, 15) is 20.0 Å². The third-order valence-corrected chi connectivity index (χ3v) is 6.04. The van der Waals surface area contributed by atoms with E-state index >= 15 is 0 Å². The van der Waals surface area contributed by atoms with Crippen LogP contribution in [-0.4, -0.2) is 59.4 Å². The number of phenolic OH excluding ortho intramolecular Hbond substituents is 1. The van der Waals surface area contributed by atoms with E-state index in [-0.39, 0.29) is 11.5 Å². The first-order valence-electron chi connectivity index (χ1n) is 9.59. The van der Waals surface area contributed by atoms with Crippen molar-refractivity contribution >= 4 is 46.0 Å². The van der Waals surface area contributed by atoms with Crippen LogP contribution in [0.5, 0.6) is 5.75 Å². The molecule has 4 rings (SSSR count). The van der Waals surface area contributed by atoms with Crippen molar-refractivity contribution in [3.63, 3.8) is 0 Å². The maximum Gasteiger partial charge on any atom is 0.311 e. The lowest BCUT2D eigenvalue weighted by atomic mass is 10.1. The lowest BCUT2D eigenvalue weighted by Crippen LogP contribution is -2.36. The number of morpholine rings is 1. The van der Waals surface area contributed by atoms with Gasteiger partial charge in [0.2, 0.25) is 5.75 Å². The second-order valence-electron chi connectivity index (χ2n) is 6.96. The second-order valence-corrected chi connectivity index (χ2v) is 7.97. The molecule has 0 unspecified atom stereocenters. The van der Waals surface area contributed by atoms with Crippen LogP contribution in [0, 0.1) is 10.1 Å². The first kappa shape index (κ1) is 20.9. The molecule has 1 N–H and O–H groups in total. The van der Waals surface area contributed by atoms with Gasteiger partial charge in [-0.05, 0) is 42.1 Å². The molecule has 31 heavy (non-hydrogen) atoms.